The van der Waals surface area contributed by atoms with Gasteiger partial charge < -0.3 is 10.8 Å². The quantitative estimate of drug-likeness (QED) is 0.638. The highest BCUT2D eigenvalue weighted by Crippen LogP contribution is 2.21. The number of hydrogen-bond acceptors (Lipinski definition) is 4. The lowest BCUT2D eigenvalue weighted by Crippen LogP contribution is -2.26. The lowest BCUT2D eigenvalue weighted by molar-refractivity contribution is -0.385. The molecule has 1 aromatic rings. The van der Waals surface area contributed by atoms with Crippen molar-refractivity contribution < 1.29 is 10.0 Å². The van der Waals surface area contributed by atoms with E-state index >= 15 is 0 Å². The topological polar surface area (TPSA) is 89.4 Å². The molecule has 0 bridgehead atoms. The number of halogens is 1. The number of aliphatic hydroxyl groups excluding tert-OH is 1. The van der Waals surface area contributed by atoms with E-state index in [4.69, 9.17) is 10.8 Å². The summed E-state index contributed by atoms with van der Waals surface area (Å²) in [5.74, 6) is 0. The van der Waals surface area contributed by atoms with Gasteiger partial charge >= 0.3 is 0 Å². The number of nitro groups is 1. The van der Waals surface area contributed by atoms with Crippen LogP contribution in [0.1, 0.15) is 5.56 Å². The monoisotopic (exact) mass is 274 g/mol. The standard InChI is InChI=1S/C9H11BrN2O3/c10-7-1-6(2-8(11)5-13)3-9(4-7)12(14)15/h1,3-4,8,13H,2,5,11H2. The largest absolute Gasteiger partial charge is 0.395 e. The van der Waals surface area contributed by atoms with Crippen molar-refractivity contribution in [2.75, 3.05) is 6.61 Å². The first-order valence-corrected chi connectivity index (χ1v) is 5.12. The highest BCUT2D eigenvalue weighted by Gasteiger charge is 2.10. The average molecular weight is 275 g/mol. The average Bonchev–Trinajstić information content (AvgIpc) is 2.16. The van der Waals surface area contributed by atoms with Gasteiger partial charge in [-0.15, -0.1) is 0 Å². The molecular formula is C9H11BrN2O3. The second kappa shape index (κ2) is 5.20. The van der Waals surface area contributed by atoms with Crippen LogP contribution in [0.5, 0.6) is 0 Å². The smallest absolute Gasteiger partial charge is 0.270 e. The van der Waals surface area contributed by atoms with Crippen molar-refractivity contribution in [2.24, 2.45) is 5.73 Å². The van der Waals surface area contributed by atoms with Gasteiger partial charge in [0.2, 0.25) is 0 Å². The van der Waals surface area contributed by atoms with Crippen LogP contribution in [0.3, 0.4) is 0 Å². The summed E-state index contributed by atoms with van der Waals surface area (Å²) in [5, 5.41) is 19.3. The molecule has 0 spiro atoms. The molecule has 0 aliphatic carbocycles. The fraction of sp³-hybridized carbons (Fsp3) is 0.333. The summed E-state index contributed by atoms with van der Waals surface area (Å²) in [7, 11) is 0. The third-order valence-corrected chi connectivity index (χ3v) is 2.34. The summed E-state index contributed by atoms with van der Waals surface area (Å²) in [6.07, 6.45) is 0.413. The first kappa shape index (κ1) is 12.1. The molecule has 5 nitrogen and oxygen atoms in total. The first-order valence-electron chi connectivity index (χ1n) is 4.33. The summed E-state index contributed by atoms with van der Waals surface area (Å²) in [6, 6.07) is 4.25. The Kier molecular flexibility index (Phi) is 4.19. The second-order valence-electron chi connectivity index (χ2n) is 3.22. The predicted octanol–water partition coefficient (Wildman–Crippen LogP) is 1.22. The Morgan fingerprint density at radius 1 is 1.53 bits per heavy atom. The zero-order valence-corrected chi connectivity index (χ0v) is 9.48. The zero-order valence-electron chi connectivity index (χ0n) is 7.89. The van der Waals surface area contributed by atoms with Crippen molar-refractivity contribution in [2.45, 2.75) is 12.5 Å². The van der Waals surface area contributed by atoms with Crippen molar-refractivity contribution in [3.63, 3.8) is 0 Å². The van der Waals surface area contributed by atoms with Crippen molar-refractivity contribution in [3.05, 3.63) is 38.3 Å². The molecule has 0 heterocycles. The minimum Gasteiger partial charge on any atom is -0.395 e. The predicted molar refractivity (Wildman–Crippen MR) is 59.6 cm³/mol. The SMILES string of the molecule is NC(CO)Cc1cc(Br)cc([N+](=O)[O-])c1. The molecule has 1 unspecified atom stereocenters. The molecule has 0 aromatic heterocycles. The van der Waals surface area contributed by atoms with Crippen LogP contribution in [0.25, 0.3) is 0 Å². The molecule has 0 aliphatic heterocycles. The van der Waals surface area contributed by atoms with E-state index in [9.17, 15) is 10.1 Å². The van der Waals surface area contributed by atoms with Gasteiger partial charge in [0.25, 0.3) is 5.69 Å². The maximum atomic E-state index is 10.6. The molecule has 3 N–H and O–H groups in total. The third kappa shape index (κ3) is 3.58. The van der Waals surface area contributed by atoms with E-state index in [1.807, 2.05) is 0 Å². The van der Waals surface area contributed by atoms with E-state index in [0.717, 1.165) is 5.56 Å². The van der Waals surface area contributed by atoms with E-state index in [2.05, 4.69) is 15.9 Å². The van der Waals surface area contributed by atoms with Crippen molar-refractivity contribution in [1.82, 2.24) is 0 Å². The first-order chi connectivity index (χ1) is 7.02. The Bertz CT molecular complexity index is 370. The molecule has 82 valence electrons. The van der Waals surface area contributed by atoms with Crippen LogP contribution in [0.4, 0.5) is 5.69 Å². The van der Waals surface area contributed by atoms with E-state index in [-0.39, 0.29) is 18.3 Å². The van der Waals surface area contributed by atoms with Crippen LogP contribution in [0.15, 0.2) is 22.7 Å². The van der Waals surface area contributed by atoms with Gasteiger partial charge in [-0.2, -0.15) is 0 Å². The molecule has 1 atom stereocenters. The molecule has 1 aromatic carbocycles. The summed E-state index contributed by atoms with van der Waals surface area (Å²) < 4.78 is 0.636. The number of aliphatic hydroxyl groups is 1. The Hall–Kier alpha value is -0.980. The molecule has 0 saturated carbocycles. The number of nitro benzene ring substituents is 1. The number of rotatable bonds is 4. The summed E-state index contributed by atoms with van der Waals surface area (Å²) in [4.78, 5) is 10.1. The van der Waals surface area contributed by atoms with Crippen molar-refractivity contribution >= 4 is 21.6 Å². The lowest BCUT2D eigenvalue weighted by Gasteiger charge is -2.07. The summed E-state index contributed by atoms with van der Waals surface area (Å²) in [6.45, 7) is -0.139. The van der Waals surface area contributed by atoms with Gasteiger partial charge in [0, 0.05) is 22.6 Å². The maximum absolute atomic E-state index is 10.6. The molecule has 15 heavy (non-hydrogen) atoms. The van der Waals surface area contributed by atoms with Gasteiger partial charge in [-0.1, -0.05) is 15.9 Å². The highest BCUT2D eigenvalue weighted by molar-refractivity contribution is 9.10. The second-order valence-corrected chi connectivity index (χ2v) is 4.14. The summed E-state index contributed by atoms with van der Waals surface area (Å²) in [5.41, 5.74) is 6.30. The van der Waals surface area contributed by atoms with Gasteiger partial charge in [0.05, 0.1) is 11.5 Å². The number of nitrogens with zero attached hydrogens (tertiary/aromatic N) is 1. The lowest BCUT2D eigenvalue weighted by atomic mass is 10.1. The van der Waals surface area contributed by atoms with Crippen molar-refractivity contribution in [1.29, 1.82) is 0 Å². The van der Waals surface area contributed by atoms with Gasteiger partial charge in [0.15, 0.2) is 0 Å². The fourth-order valence-electron chi connectivity index (χ4n) is 1.22. The molecular weight excluding hydrogens is 264 g/mol. The Morgan fingerprint density at radius 3 is 2.73 bits per heavy atom. The van der Waals surface area contributed by atoms with Crippen LogP contribution in [0.2, 0.25) is 0 Å². The molecule has 0 radical (unpaired) electrons. The number of non-ortho nitro benzene ring substituents is 1. The van der Waals surface area contributed by atoms with Crippen molar-refractivity contribution in [3.8, 4) is 0 Å². The zero-order chi connectivity index (χ0) is 11.4. The molecule has 0 amide bonds. The van der Waals surface area contributed by atoms with Crippen LogP contribution >= 0.6 is 15.9 Å². The molecule has 1 rings (SSSR count). The number of hydrogen-bond donors (Lipinski definition) is 2. The minimum absolute atomic E-state index is 0.0181. The Morgan fingerprint density at radius 2 is 2.20 bits per heavy atom. The normalized spacial score (nSPS) is 12.5. The van der Waals surface area contributed by atoms with Gasteiger partial charge in [0.1, 0.15) is 0 Å². The molecule has 0 saturated heterocycles. The number of nitrogens with two attached hydrogens (primary N) is 1. The van der Waals surface area contributed by atoms with E-state index < -0.39 is 4.92 Å². The van der Waals surface area contributed by atoms with Gasteiger partial charge in [-0.05, 0) is 18.1 Å². The third-order valence-electron chi connectivity index (χ3n) is 1.89. The van der Waals surface area contributed by atoms with Crippen LogP contribution in [0, 0.1) is 10.1 Å². The minimum atomic E-state index is -0.460. The van der Waals surface area contributed by atoms with Gasteiger partial charge in [-0.3, -0.25) is 10.1 Å². The number of benzene rings is 1. The van der Waals surface area contributed by atoms with Crippen LogP contribution in [-0.4, -0.2) is 22.7 Å². The Balaban J connectivity index is 2.93. The van der Waals surface area contributed by atoms with E-state index in [1.54, 1.807) is 6.07 Å². The highest BCUT2D eigenvalue weighted by atomic mass is 79.9. The summed E-state index contributed by atoms with van der Waals surface area (Å²) >= 11 is 3.19. The van der Waals surface area contributed by atoms with Crippen LogP contribution < -0.4 is 5.73 Å². The fourth-order valence-corrected chi connectivity index (χ4v) is 1.75. The van der Waals surface area contributed by atoms with E-state index in [0.29, 0.717) is 10.9 Å². The maximum Gasteiger partial charge on any atom is 0.270 e. The van der Waals surface area contributed by atoms with Crippen LogP contribution in [-0.2, 0) is 6.42 Å². The van der Waals surface area contributed by atoms with Gasteiger partial charge in [-0.25, -0.2) is 0 Å². The molecule has 0 fully saturated rings. The molecule has 0 aliphatic rings. The van der Waals surface area contributed by atoms with E-state index in [1.165, 1.54) is 12.1 Å². The Labute approximate surface area is 95.2 Å². The molecule has 6 heteroatoms.